The first kappa shape index (κ1) is 23.9. The summed E-state index contributed by atoms with van der Waals surface area (Å²) in [4.78, 5) is 20.5. The Balaban J connectivity index is 1.58. The van der Waals surface area contributed by atoms with E-state index in [1.165, 1.54) is 0 Å². The van der Waals surface area contributed by atoms with Crippen molar-refractivity contribution in [1.82, 2.24) is 10.3 Å². The van der Waals surface area contributed by atoms with Gasteiger partial charge in [-0.2, -0.15) is 0 Å². The van der Waals surface area contributed by atoms with Crippen LogP contribution in [0.2, 0.25) is 15.1 Å². The van der Waals surface area contributed by atoms with Crippen molar-refractivity contribution in [1.29, 1.82) is 0 Å². The fourth-order valence-electron chi connectivity index (χ4n) is 4.28. The van der Waals surface area contributed by atoms with Gasteiger partial charge in [-0.15, -0.1) is 0 Å². The van der Waals surface area contributed by atoms with Crippen molar-refractivity contribution in [3.05, 3.63) is 93.3 Å². The number of oxazole rings is 1. The van der Waals surface area contributed by atoms with Crippen molar-refractivity contribution in [3.63, 3.8) is 0 Å². The number of carbonyl (C=O) groups excluding carboxylic acids is 1. The molecular formula is C27H22Cl3N3O2. The van der Waals surface area contributed by atoms with E-state index in [-0.39, 0.29) is 11.7 Å². The second-order valence-electron chi connectivity index (χ2n) is 8.44. The van der Waals surface area contributed by atoms with Crippen LogP contribution in [0, 0.1) is 6.92 Å². The van der Waals surface area contributed by atoms with Crippen LogP contribution in [0.3, 0.4) is 0 Å². The highest BCUT2D eigenvalue weighted by atomic mass is 35.5. The third kappa shape index (κ3) is 4.95. The Bertz CT molecular complexity index is 1380. The molecule has 2 heterocycles. The summed E-state index contributed by atoms with van der Waals surface area (Å²) >= 11 is 18.7. The van der Waals surface area contributed by atoms with Crippen molar-refractivity contribution < 1.29 is 9.21 Å². The van der Waals surface area contributed by atoms with Gasteiger partial charge in [0.15, 0.2) is 5.76 Å². The van der Waals surface area contributed by atoms with Gasteiger partial charge in [0.1, 0.15) is 11.7 Å². The molecule has 1 aliphatic heterocycles. The third-order valence-corrected chi connectivity index (χ3v) is 6.81. The van der Waals surface area contributed by atoms with E-state index in [1.807, 2.05) is 37.3 Å². The van der Waals surface area contributed by atoms with Crippen molar-refractivity contribution in [3.8, 4) is 22.6 Å². The summed E-state index contributed by atoms with van der Waals surface area (Å²) in [5.41, 5.74) is 3.96. The highest BCUT2D eigenvalue weighted by molar-refractivity contribution is 6.36. The summed E-state index contributed by atoms with van der Waals surface area (Å²) < 4.78 is 6.15. The average Bonchev–Trinajstić information content (AvgIpc) is 3.29. The third-order valence-electron chi connectivity index (χ3n) is 6.01. The normalized spacial score (nSPS) is 15.9. The number of rotatable bonds is 5. The van der Waals surface area contributed by atoms with Gasteiger partial charge in [-0.25, -0.2) is 4.98 Å². The molecular weight excluding hydrogens is 505 g/mol. The summed E-state index contributed by atoms with van der Waals surface area (Å²) in [6, 6.07) is 20.0. The fraction of sp³-hybridized carbons (Fsp3) is 0.185. The van der Waals surface area contributed by atoms with E-state index in [9.17, 15) is 4.79 Å². The summed E-state index contributed by atoms with van der Waals surface area (Å²) in [5, 5.41) is 4.84. The lowest BCUT2D eigenvalue weighted by atomic mass is 10.1. The molecule has 0 spiro atoms. The zero-order valence-corrected chi connectivity index (χ0v) is 21.2. The summed E-state index contributed by atoms with van der Waals surface area (Å²) in [5.74, 6) is 0.271. The lowest BCUT2D eigenvalue weighted by molar-refractivity contribution is 0.0917. The van der Waals surface area contributed by atoms with Gasteiger partial charge < -0.3 is 14.6 Å². The number of Topliss-reactive ketones (excluding diaryl/α,β-unsaturated/α-hetero) is 1. The van der Waals surface area contributed by atoms with Crippen LogP contribution in [-0.4, -0.2) is 36.4 Å². The number of piperazine rings is 1. The fourth-order valence-corrected chi connectivity index (χ4v) is 4.91. The maximum Gasteiger partial charge on any atom is 0.266 e. The van der Waals surface area contributed by atoms with Gasteiger partial charge in [0.2, 0.25) is 5.78 Å². The van der Waals surface area contributed by atoms with E-state index < -0.39 is 6.04 Å². The quantitative estimate of drug-likeness (QED) is 0.286. The summed E-state index contributed by atoms with van der Waals surface area (Å²) in [6.07, 6.45) is 0. The number of hydrogen-bond donors (Lipinski definition) is 1. The van der Waals surface area contributed by atoms with E-state index >= 15 is 0 Å². The zero-order valence-electron chi connectivity index (χ0n) is 18.9. The summed E-state index contributed by atoms with van der Waals surface area (Å²) in [6.45, 7) is 4.01. The topological polar surface area (TPSA) is 58.4 Å². The van der Waals surface area contributed by atoms with Crippen LogP contribution in [0.25, 0.3) is 22.6 Å². The number of carbonyl (C=O) groups is 1. The molecule has 0 aliphatic carbocycles. The molecule has 1 unspecified atom stereocenters. The van der Waals surface area contributed by atoms with Gasteiger partial charge >= 0.3 is 0 Å². The maximum atomic E-state index is 13.8. The number of halogens is 3. The van der Waals surface area contributed by atoms with Crippen LogP contribution in [0.1, 0.15) is 16.2 Å². The monoisotopic (exact) mass is 525 g/mol. The number of benzene rings is 3. The van der Waals surface area contributed by atoms with Crippen LogP contribution in [0.5, 0.6) is 0 Å². The van der Waals surface area contributed by atoms with Gasteiger partial charge in [0.05, 0.1) is 5.02 Å². The standard InChI is InChI=1S/C27H22Cl3N3O2/c1-16-3-2-4-20(13-16)33-12-11-31-15-23(33)25(34)27-32-24(21-10-9-19(29)14-22(21)30)26(35-27)17-5-7-18(28)8-6-17/h2-10,13-14,23,31H,11-12,15H2,1H3. The van der Waals surface area contributed by atoms with Gasteiger partial charge in [0.25, 0.3) is 5.89 Å². The molecule has 4 aromatic rings. The van der Waals surface area contributed by atoms with Crippen molar-refractivity contribution in [2.24, 2.45) is 0 Å². The Hall–Kier alpha value is -2.83. The van der Waals surface area contributed by atoms with E-state index in [2.05, 4.69) is 21.3 Å². The van der Waals surface area contributed by atoms with Crippen LogP contribution in [0.4, 0.5) is 5.69 Å². The number of anilines is 1. The smallest absolute Gasteiger partial charge is 0.266 e. The van der Waals surface area contributed by atoms with E-state index in [4.69, 9.17) is 39.2 Å². The number of nitrogens with one attached hydrogen (secondary N) is 1. The lowest BCUT2D eigenvalue weighted by Crippen LogP contribution is -2.55. The van der Waals surface area contributed by atoms with Crippen molar-refractivity contribution in [2.75, 3.05) is 24.5 Å². The molecule has 178 valence electrons. The molecule has 8 heteroatoms. The van der Waals surface area contributed by atoms with Gasteiger partial charge in [0, 0.05) is 46.5 Å². The van der Waals surface area contributed by atoms with E-state index in [1.54, 1.807) is 30.3 Å². The molecule has 1 N–H and O–H groups in total. The minimum atomic E-state index is -0.462. The highest BCUT2D eigenvalue weighted by Crippen LogP contribution is 2.38. The molecule has 0 radical (unpaired) electrons. The lowest BCUT2D eigenvalue weighted by Gasteiger charge is -2.36. The zero-order chi connectivity index (χ0) is 24.5. The molecule has 0 bridgehead atoms. The number of nitrogens with zero attached hydrogens (tertiary/aromatic N) is 2. The first-order valence-electron chi connectivity index (χ1n) is 11.2. The molecule has 1 fully saturated rings. The molecule has 1 saturated heterocycles. The molecule has 5 nitrogen and oxygen atoms in total. The van der Waals surface area contributed by atoms with Crippen LogP contribution < -0.4 is 10.2 Å². The first-order valence-corrected chi connectivity index (χ1v) is 12.3. The number of ketones is 1. The van der Waals surface area contributed by atoms with Gasteiger partial charge in [-0.3, -0.25) is 4.79 Å². The Kier molecular flexibility index (Phi) is 6.85. The molecule has 1 aromatic heterocycles. The van der Waals surface area contributed by atoms with Gasteiger partial charge in [-0.1, -0.05) is 46.9 Å². The van der Waals surface area contributed by atoms with E-state index in [0.717, 1.165) is 23.4 Å². The predicted molar refractivity (Wildman–Crippen MR) is 142 cm³/mol. The minimum absolute atomic E-state index is 0.0299. The number of aromatic nitrogens is 1. The minimum Gasteiger partial charge on any atom is -0.433 e. The molecule has 5 rings (SSSR count). The molecule has 1 atom stereocenters. The van der Waals surface area contributed by atoms with Crippen molar-refractivity contribution >= 4 is 46.3 Å². The second-order valence-corrected chi connectivity index (χ2v) is 9.72. The molecule has 0 amide bonds. The number of aryl methyl sites for hydroxylation is 1. The van der Waals surface area contributed by atoms with E-state index in [0.29, 0.717) is 45.2 Å². The number of hydrogen-bond acceptors (Lipinski definition) is 5. The van der Waals surface area contributed by atoms with Crippen LogP contribution >= 0.6 is 34.8 Å². The molecule has 1 aliphatic rings. The maximum absolute atomic E-state index is 13.8. The molecule has 0 saturated carbocycles. The van der Waals surface area contributed by atoms with Crippen LogP contribution in [0.15, 0.2) is 71.1 Å². The SMILES string of the molecule is Cc1cccc(N2CCNCC2C(=O)c2nc(-c3ccc(Cl)cc3Cl)c(-c3ccc(Cl)cc3)o2)c1. The Morgan fingerprint density at radius 1 is 1.03 bits per heavy atom. The van der Waals surface area contributed by atoms with Crippen molar-refractivity contribution in [2.45, 2.75) is 13.0 Å². The highest BCUT2D eigenvalue weighted by Gasteiger charge is 2.34. The predicted octanol–water partition coefficient (Wildman–Crippen LogP) is 6.94. The first-order chi connectivity index (χ1) is 16.9. The Labute approximate surface area is 218 Å². The average molecular weight is 527 g/mol. The molecule has 3 aromatic carbocycles. The van der Waals surface area contributed by atoms with Crippen LogP contribution in [-0.2, 0) is 0 Å². The Morgan fingerprint density at radius 2 is 1.80 bits per heavy atom. The van der Waals surface area contributed by atoms with Gasteiger partial charge in [-0.05, 0) is 67.1 Å². The second kappa shape index (κ2) is 10.0. The Morgan fingerprint density at radius 3 is 2.54 bits per heavy atom. The summed E-state index contributed by atoms with van der Waals surface area (Å²) in [7, 11) is 0. The largest absolute Gasteiger partial charge is 0.433 e. The molecule has 35 heavy (non-hydrogen) atoms.